The molecule has 0 N–H and O–H groups in total. The number of hydrogen-bond donors (Lipinski definition) is 0. The van der Waals surface area contributed by atoms with Gasteiger partial charge < -0.3 is 14.2 Å². The van der Waals surface area contributed by atoms with Crippen molar-refractivity contribution in [2.75, 3.05) is 32.7 Å². The topological polar surface area (TPSA) is 49.6 Å². The summed E-state index contributed by atoms with van der Waals surface area (Å²) in [5, 5.41) is 0. The first-order valence-electron chi connectivity index (χ1n) is 6.07. The fourth-order valence-corrected chi connectivity index (χ4v) is 2.14. The van der Waals surface area contributed by atoms with E-state index >= 15 is 0 Å². The summed E-state index contributed by atoms with van der Waals surface area (Å²) in [6, 6.07) is 0. The first-order valence-corrected chi connectivity index (χ1v) is 6.07. The van der Waals surface area contributed by atoms with E-state index in [0.717, 1.165) is 32.7 Å². The van der Waals surface area contributed by atoms with Crippen LogP contribution in [0.5, 0.6) is 0 Å². The molecule has 94 valence electrons. The molecule has 0 aliphatic carbocycles. The molecule has 0 bridgehead atoms. The Morgan fingerprint density at radius 1 is 1.29 bits per heavy atom. The number of carbonyl (C=O) groups is 1. The van der Waals surface area contributed by atoms with Crippen molar-refractivity contribution >= 4 is 5.91 Å². The number of oxazole rings is 1. The standard InChI is InChI=1S/C12H19N3O2/c1-4-14-5-7-15(8-6-14)12(16)11-9(2)13-10(3)17-11/h4-8H2,1-3H3. The quantitative estimate of drug-likeness (QED) is 0.772. The number of likely N-dealkylation sites (N-methyl/N-ethyl adjacent to an activating group) is 1. The van der Waals surface area contributed by atoms with Crippen molar-refractivity contribution < 1.29 is 9.21 Å². The molecular formula is C12H19N3O2. The van der Waals surface area contributed by atoms with Gasteiger partial charge in [0.15, 0.2) is 5.89 Å². The number of amides is 1. The highest BCUT2D eigenvalue weighted by Gasteiger charge is 2.25. The number of carbonyl (C=O) groups excluding carboxylic acids is 1. The Bertz CT molecular complexity index is 406. The van der Waals surface area contributed by atoms with Gasteiger partial charge in [-0.1, -0.05) is 6.92 Å². The molecule has 1 aromatic rings. The molecule has 0 atom stereocenters. The van der Waals surface area contributed by atoms with Crippen LogP contribution in [-0.2, 0) is 0 Å². The van der Waals surface area contributed by atoms with Crippen molar-refractivity contribution in [3.8, 4) is 0 Å². The summed E-state index contributed by atoms with van der Waals surface area (Å²) in [6.07, 6.45) is 0. The average Bonchev–Trinajstić information content (AvgIpc) is 2.68. The second kappa shape index (κ2) is 4.87. The van der Waals surface area contributed by atoms with Gasteiger partial charge in [-0.3, -0.25) is 4.79 Å². The van der Waals surface area contributed by atoms with Gasteiger partial charge in [-0.25, -0.2) is 4.98 Å². The van der Waals surface area contributed by atoms with E-state index in [1.165, 1.54) is 0 Å². The van der Waals surface area contributed by atoms with Crippen molar-refractivity contribution in [2.24, 2.45) is 0 Å². The maximum atomic E-state index is 12.2. The molecule has 0 spiro atoms. The third-order valence-electron chi connectivity index (χ3n) is 3.20. The fraction of sp³-hybridized carbons (Fsp3) is 0.667. The lowest BCUT2D eigenvalue weighted by Gasteiger charge is -2.33. The van der Waals surface area contributed by atoms with Gasteiger partial charge in [-0.2, -0.15) is 0 Å². The van der Waals surface area contributed by atoms with Gasteiger partial charge in [-0.15, -0.1) is 0 Å². The summed E-state index contributed by atoms with van der Waals surface area (Å²) in [4.78, 5) is 20.5. The maximum absolute atomic E-state index is 12.2. The Balaban J connectivity index is 2.04. The third-order valence-corrected chi connectivity index (χ3v) is 3.20. The molecule has 1 fully saturated rings. The molecule has 0 saturated carbocycles. The molecule has 1 aromatic heterocycles. The first-order chi connectivity index (χ1) is 8.11. The second-order valence-corrected chi connectivity index (χ2v) is 4.37. The first kappa shape index (κ1) is 12.1. The molecule has 17 heavy (non-hydrogen) atoms. The van der Waals surface area contributed by atoms with Crippen LogP contribution in [0.4, 0.5) is 0 Å². The average molecular weight is 237 g/mol. The highest BCUT2D eigenvalue weighted by Crippen LogP contribution is 2.14. The number of rotatable bonds is 2. The molecule has 1 aliphatic heterocycles. The van der Waals surface area contributed by atoms with Crippen LogP contribution < -0.4 is 0 Å². The van der Waals surface area contributed by atoms with Crippen LogP contribution >= 0.6 is 0 Å². The summed E-state index contributed by atoms with van der Waals surface area (Å²) < 4.78 is 5.37. The minimum absolute atomic E-state index is 0.0288. The van der Waals surface area contributed by atoms with Crippen LogP contribution in [0.25, 0.3) is 0 Å². The number of aryl methyl sites for hydroxylation is 2. The van der Waals surface area contributed by atoms with Gasteiger partial charge >= 0.3 is 0 Å². The molecule has 1 saturated heterocycles. The van der Waals surface area contributed by atoms with Crippen LogP contribution in [0.1, 0.15) is 29.1 Å². The van der Waals surface area contributed by atoms with E-state index < -0.39 is 0 Å². The minimum Gasteiger partial charge on any atom is -0.436 e. The molecule has 5 heteroatoms. The van der Waals surface area contributed by atoms with Gasteiger partial charge in [0.1, 0.15) is 0 Å². The molecule has 2 heterocycles. The van der Waals surface area contributed by atoms with E-state index in [1.807, 2.05) is 11.8 Å². The Morgan fingerprint density at radius 3 is 2.41 bits per heavy atom. The molecule has 0 radical (unpaired) electrons. The lowest BCUT2D eigenvalue weighted by atomic mass is 10.2. The predicted molar refractivity (Wildman–Crippen MR) is 64.0 cm³/mol. The van der Waals surface area contributed by atoms with Crippen LogP contribution in [0, 0.1) is 13.8 Å². The van der Waals surface area contributed by atoms with E-state index in [2.05, 4.69) is 16.8 Å². The monoisotopic (exact) mass is 237 g/mol. The number of nitrogens with zero attached hydrogens (tertiary/aromatic N) is 3. The smallest absolute Gasteiger partial charge is 0.291 e. The molecule has 0 aromatic carbocycles. The summed E-state index contributed by atoms with van der Waals surface area (Å²) in [7, 11) is 0. The van der Waals surface area contributed by atoms with Crippen molar-refractivity contribution in [3.63, 3.8) is 0 Å². The van der Waals surface area contributed by atoms with E-state index in [9.17, 15) is 4.79 Å². The van der Waals surface area contributed by atoms with Crippen molar-refractivity contribution in [3.05, 3.63) is 17.3 Å². The van der Waals surface area contributed by atoms with E-state index in [-0.39, 0.29) is 5.91 Å². The van der Waals surface area contributed by atoms with Crippen LogP contribution in [0.2, 0.25) is 0 Å². The van der Waals surface area contributed by atoms with E-state index in [4.69, 9.17) is 4.42 Å². The molecule has 2 rings (SSSR count). The largest absolute Gasteiger partial charge is 0.436 e. The van der Waals surface area contributed by atoms with Gasteiger partial charge in [0, 0.05) is 33.1 Å². The lowest BCUT2D eigenvalue weighted by molar-refractivity contribution is 0.0610. The van der Waals surface area contributed by atoms with Crippen LogP contribution in [0.3, 0.4) is 0 Å². The second-order valence-electron chi connectivity index (χ2n) is 4.37. The highest BCUT2D eigenvalue weighted by atomic mass is 16.4. The number of hydrogen-bond acceptors (Lipinski definition) is 4. The normalized spacial score (nSPS) is 17.5. The summed E-state index contributed by atoms with van der Waals surface area (Å²) in [5.41, 5.74) is 0.686. The number of aromatic nitrogens is 1. The Labute approximate surface area is 101 Å². The van der Waals surface area contributed by atoms with Crippen LogP contribution in [0.15, 0.2) is 4.42 Å². The van der Waals surface area contributed by atoms with Gasteiger partial charge in [0.2, 0.25) is 5.76 Å². The lowest BCUT2D eigenvalue weighted by Crippen LogP contribution is -2.48. The summed E-state index contributed by atoms with van der Waals surface area (Å²) in [5.74, 6) is 0.921. The molecule has 1 aliphatic rings. The Morgan fingerprint density at radius 2 is 1.94 bits per heavy atom. The van der Waals surface area contributed by atoms with Crippen molar-refractivity contribution in [2.45, 2.75) is 20.8 Å². The molecule has 5 nitrogen and oxygen atoms in total. The van der Waals surface area contributed by atoms with Crippen LogP contribution in [-0.4, -0.2) is 53.4 Å². The third kappa shape index (κ3) is 2.49. The fourth-order valence-electron chi connectivity index (χ4n) is 2.14. The van der Waals surface area contributed by atoms with Crippen molar-refractivity contribution in [1.29, 1.82) is 0 Å². The van der Waals surface area contributed by atoms with Gasteiger partial charge in [0.05, 0.1) is 5.69 Å². The Kier molecular flexibility index (Phi) is 3.47. The molecular weight excluding hydrogens is 218 g/mol. The zero-order valence-electron chi connectivity index (χ0n) is 10.7. The zero-order chi connectivity index (χ0) is 12.4. The van der Waals surface area contributed by atoms with E-state index in [1.54, 1.807) is 6.92 Å². The van der Waals surface area contributed by atoms with Gasteiger partial charge in [-0.05, 0) is 13.5 Å². The van der Waals surface area contributed by atoms with Gasteiger partial charge in [0.25, 0.3) is 5.91 Å². The molecule has 1 amide bonds. The minimum atomic E-state index is -0.0288. The zero-order valence-corrected chi connectivity index (χ0v) is 10.7. The SMILES string of the molecule is CCN1CCN(C(=O)c2oc(C)nc2C)CC1. The van der Waals surface area contributed by atoms with Crippen molar-refractivity contribution in [1.82, 2.24) is 14.8 Å². The highest BCUT2D eigenvalue weighted by molar-refractivity contribution is 5.92. The molecule has 0 unspecified atom stereocenters. The Hall–Kier alpha value is -1.36. The summed E-state index contributed by atoms with van der Waals surface area (Å²) in [6.45, 7) is 10.2. The predicted octanol–water partition coefficient (Wildman–Crippen LogP) is 1.07. The maximum Gasteiger partial charge on any atom is 0.291 e. The van der Waals surface area contributed by atoms with E-state index in [0.29, 0.717) is 17.3 Å². The number of piperazine rings is 1. The summed E-state index contributed by atoms with van der Waals surface area (Å²) >= 11 is 0.